The lowest BCUT2D eigenvalue weighted by Crippen LogP contribution is -2.39. The van der Waals surface area contributed by atoms with Gasteiger partial charge >= 0.3 is 5.97 Å². The van der Waals surface area contributed by atoms with Gasteiger partial charge in [-0.05, 0) is 79.3 Å². The van der Waals surface area contributed by atoms with E-state index in [-0.39, 0.29) is 12.2 Å². The number of fused-ring (bicyclic) bond motifs is 1. The lowest BCUT2D eigenvalue weighted by Gasteiger charge is -2.25. The molecule has 0 saturated carbocycles. The van der Waals surface area contributed by atoms with Gasteiger partial charge in [0.15, 0.2) is 16.3 Å². The van der Waals surface area contributed by atoms with Crippen LogP contribution in [0.15, 0.2) is 92.3 Å². The summed E-state index contributed by atoms with van der Waals surface area (Å²) in [6.45, 7) is 10.8. The average Bonchev–Trinajstić information content (AvgIpc) is 3.31. The number of thiazole rings is 1. The van der Waals surface area contributed by atoms with Gasteiger partial charge in [-0.2, -0.15) is 0 Å². The van der Waals surface area contributed by atoms with Crippen LogP contribution in [0, 0.1) is 0 Å². The van der Waals surface area contributed by atoms with Gasteiger partial charge in [0.1, 0.15) is 6.61 Å². The third kappa shape index (κ3) is 6.74. The summed E-state index contributed by atoms with van der Waals surface area (Å²) in [5.41, 5.74) is 4.50. The van der Waals surface area contributed by atoms with E-state index in [1.54, 1.807) is 18.4 Å². The third-order valence-electron chi connectivity index (χ3n) is 7.31. The first-order chi connectivity index (χ1) is 21.2. The lowest BCUT2D eigenvalue weighted by atomic mass is 9.93. The van der Waals surface area contributed by atoms with Crippen LogP contribution in [0.5, 0.6) is 11.5 Å². The van der Waals surface area contributed by atoms with Gasteiger partial charge in [-0.15, -0.1) is 0 Å². The minimum atomic E-state index is -0.651. The zero-order chi connectivity index (χ0) is 31.4. The molecule has 3 aromatic carbocycles. The monoisotopic (exact) mass is 674 g/mol. The second-order valence-electron chi connectivity index (χ2n) is 10.7. The van der Waals surface area contributed by atoms with E-state index in [0.717, 1.165) is 21.2 Å². The molecular formula is C35H35BrN2O5S. The van der Waals surface area contributed by atoms with Gasteiger partial charge in [0.25, 0.3) is 5.56 Å². The highest BCUT2D eigenvalue weighted by molar-refractivity contribution is 9.10. The molecule has 1 aliphatic heterocycles. The molecule has 0 spiro atoms. The molecule has 9 heteroatoms. The number of rotatable bonds is 10. The molecule has 1 atom stereocenters. The fraction of sp³-hybridized carbons (Fsp3) is 0.286. The van der Waals surface area contributed by atoms with Crippen molar-refractivity contribution < 1.29 is 19.0 Å². The van der Waals surface area contributed by atoms with Crippen molar-refractivity contribution in [3.63, 3.8) is 0 Å². The van der Waals surface area contributed by atoms with Crippen LogP contribution in [0.1, 0.15) is 68.8 Å². The number of nitrogens with zero attached hydrogens (tertiary/aromatic N) is 2. The maximum Gasteiger partial charge on any atom is 0.338 e. The molecule has 0 bridgehead atoms. The molecular weight excluding hydrogens is 640 g/mol. The molecule has 0 unspecified atom stereocenters. The van der Waals surface area contributed by atoms with Crippen molar-refractivity contribution in [3.05, 3.63) is 124 Å². The quantitative estimate of drug-likeness (QED) is 0.176. The number of ether oxygens (including phenoxy) is 3. The van der Waals surface area contributed by atoms with Crippen molar-refractivity contribution in [2.75, 3.05) is 13.2 Å². The van der Waals surface area contributed by atoms with Crippen molar-refractivity contribution in [2.45, 2.75) is 53.2 Å². The number of hydrogen-bond donors (Lipinski definition) is 0. The Hall–Kier alpha value is -3.95. The first-order valence-electron chi connectivity index (χ1n) is 14.6. The molecule has 0 saturated heterocycles. The molecule has 0 amide bonds. The van der Waals surface area contributed by atoms with Crippen LogP contribution in [0.4, 0.5) is 0 Å². The Kier molecular flexibility index (Phi) is 9.86. The van der Waals surface area contributed by atoms with Gasteiger partial charge in [-0.3, -0.25) is 9.36 Å². The van der Waals surface area contributed by atoms with Crippen LogP contribution in [-0.4, -0.2) is 23.8 Å². The summed E-state index contributed by atoms with van der Waals surface area (Å²) in [7, 11) is 0. The SMILES string of the molecule is CCOC(=O)C1=C(C)N=c2s/c(=C\c3ccc(OCc4ccc(Br)cc4)c(OCC)c3)c(=O)n2[C@@H]1c1ccc(C(C)C)cc1. The van der Waals surface area contributed by atoms with Gasteiger partial charge in [-0.25, -0.2) is 9.79 Å². The maximum absolute atomic E-state index is 14.0. The number of esters is 1. The summed E-state index contributed by atoms with van der Waals surface area (Å²) in [6, 6.07) is 21.0. The fourth-order valence-electron chi connectivity index (χ4n) is 5.07. The number of carbonyl (C=O) groups is 1. The van der Waals surface area contributed by atoms with Gasteiger partial charge in [0.05, 0.1) is 35.1 Å². The highest BCUT2D eigenvalue weighted by Gasteiger charge is 2.33. The molecule has 0 fully saturated rings. The van der Waals surface area contributed by atoms with Crippen molar-refractivity contribution in [1.82, 2.24) is 4.57 Å². The van der Waals surface area contributed by atoms with E-state index in [1.807, 2.05) is 79.7 Å². The summed E-state index contributed by atoms with van der Waals surface area (Å²) in [5.74, 6) is 1.09. The molecule has 44 heavy (non-hydrogen) atoms. The summed E-state index contributed by atoms with van der Waals surface area (Å²) in [6.07, 6.45) is 1.83. The van der Waals surface area contributed by atoms with Crippen molar-refractivity contribution in [3.8, 4) is 11.5 Å². The van der Waals surface area contributed by atoms with Gasteiger partial charge < -0.3 is 14.2 Å². The molecule has 7 nitrogen and oxygen atoms in total. The van der Waals surface area contributed by atoms with E-state index in [9.17, 15) is 9.59 Å². The van der Waals surface area contributed by atoms with E-state index in [2.05, 4.69) is 34.8 Å². The molecule has 1 aliphatic rings. The van der Waals surface area contributed by atoms with Gasteiger partial charge in [-0.1, -0.05) is 83.6 Å². The van der Waals surface area contributed by atoms with Gasteiger partial charge in [0.2, 0.25) is 0 Å². The normalized spacial score (nSPS) is 14.8. The minimum Gasteiger partial charge on any atom is -0.490 e. The van der Waals surface area contributed by atoms with Crippen LogP contribution in [-0.2, 0) is 16.1 Å². The van der Waals surface area contributed by atoms with Crippen molar-refractivity contribution in [2.24, 2.45) is 4.99 Å². The van der Waals surface area contributed by atoms with Crippen LogP contribution in [0.2, 0.25) is 0 Å². The van der Waals surface area contributed by atoms with Crippen molar-refractivity contribution >= 4 is 39.3 Å². The Morgan fingerprint density at radius 2 is 1.73 bits per heavy atom. The first kappa shape index (κ1) is 31.5. The topological polar surface area (TPSA) is 79.1 Å². The van der Waals surface area contributed by atoms with E-state index in [4.69, 9.17) is 14.2 Å². The standard InChI is InChI=1S/C35H35BrN2O5S/c1-6-41-29-18-24(10-17-28(29)43-20-23-8-15-27(36)16-9-23)19-30-33(39)38-32(26-13-11-25(12-14-26)21(3)4)31(34(40)42-7-2)22(5)37-35(38)44-30/h8-19,21,32H,6-7,20H2,1-5H3/b30-19-/t32-/m1/s1. The summed E-state index contributed by atoms with van der Waals surface area (Å²) in [5, 5.41) is 0. The fourth-order valence-corrected chi connectivity index (χ4v) is 6.38. The minimum absolute atomic E-state index is 0.226. The Labute approximate surface area is 269 Å². The Morgan fingerprint density at radius 1 is 1.00 bits per heavy atom. The predicted molar refractivity (Wildman–Crippen MR) is 177 cm³/mol. The Morgan fingerprint density at radius 3 is 2.39 bits per heavy atom. The van der Waals surface area contributed by atoms with Crippen LogP contribution in [0.3, 0.4) is 0 Å². The number of benzene rings is 3. The van der Waals surface area contributed by atoms with E-state index >= 15 is 0 Å². The largest absolute Gasteiger partial charge is 0.490 e. The van der Waals surface area contributed by atoms with Crippen LogP contribution in [0.25, 0.3) is 6.08 Å². The number of aromatic nitrogens is 1. The number of carbonyl (C=O) groups excluding carboxylic acids is 1. The molecule has 0 radical (unpaired) electrons. The highest BCUT2D eigenvalue weighted by atomic mass is 79.9. The summed E-state index contributed by atoms with van der Waals surface area (Å²) < 4.78 is 20.5. The predicted octanol–water partition coefficient (Wildman–Crippen LogP) is 6.66. The maximum atomic E-state index is 14.0. The third-order valence-corrected chi connectivity index (χ3v) is 8.82. The molecule has 1 aromatic heterocycles. The van der Waals surface area contributed by atoms with Crippen LogP contribution >= 0.6 is 27.3 Å². The smallest absolute Gasteiger partial charge is 0.338 e. The van der Waals surface area contributed by atoms with E-state index < -0.39 is 12.0 Å². The molecule has 0 N–H and O–H groups in total. The summed E-state index contributed by atoms with van der Waals surface area (Å²) in [4.78, 5) is 32.4. The number of allylic oxidation sites excluding steroid dienone is 1. The second-order valence-corrected chi connectivity index (χ2v) is 12.6. The van der Waals surface area contributed by atoms with Crippen molar-refractivity contribution in [1.29, 1.82) is 0 Å². The Bertz CT molecular complexity index is 1870. The number of halogens is 1. The van der Waals surface area contributed by atoms with E-state index in [0.29, 0.717) is 51.2 Å². The zero-order valence-electron chi connectivity index (χ0n) is 25.4. The molecule has 2 heterocycles. The highest BCUT2D eigenvalue weighted by Crippen LogP contribution is 2.32. The number of hydrogen-bond acceptors (Lipinski definition) is 7. The first-order valence-corrected chi connectivity index (χ1v) is 16.2. The molecule has 228 valence electrons. The molecule has 5 rings (SSSR count). The Balaban J connectivity index is 1.55. The van der Waals surface area contributed by atoms with Crippen LogP contribution < -0.4 is 24.4 Å². The second kappa shape index (κ2) is 13.8. The molecule has 4 aromatic rings. The zero-order valence-corrected chi connectivity index (χ0v) is 27.8. The summed E-state index contributed by atoms with van der Waals surface area (Å²) >= 11 is 4.75. The van der Waals surface area contributed by atoms with E-state index in [1.165, 1.54) is 16.9 Å². The van der Waals surface area contributed by atoms with Gasteiger partial charge in [0, 0.05) is 4.47 Å². The lowest BCUT2D eigenvalue weighted by molar-refractivity contribution is -0.139. The average molecular weight is 676 g/mol. The molecule has 0 aliphatic carbocycles.